The second-order valence-electron chi connectivity index (χ2n) is 4.58. The molecule has 1 rings (SSSR count). The van der Waals surface area contributed by atoms with Crippen molar-refractivity contribution < 1.29 is 19.9 Å². The summed E-state index contributed by atoms with van der Waals surface area (Å²) in [4.78, 5) is 21.8. The summed E-state index contributed by atoms with van der Waals surface area (Å²) in [5, 5.41) is 34.6. The van der Waals surface area contributed by atoms with Gasteiger partial charge >= 0.3 is 0 Å². The monoisotopic (exact) mass is 283 g/mol. The third-order valence-electron chi connectivity index (χ3n) is 2.68. The molecule has 0 bridgehead atoms. The van der Waals surface area contributed by atoms with Crippen LogP contribution in [0.15, 0.2) is 18.2 Å². The van der Waals surface area contributed by atoms with Crippen molar-refractivity contribution in [2.45, 2.75) is 12.5 Å². The number of hydrogen-bond donors (Lipinski definition) is 4. The average Bonchev–Trinajstić information content (AvgIpc) is 2.44. The summed E-state index contributed by atoms with van der Waals surface area (Å²) in [6, 6.07) is 3.97. The highest BCUT2D eigenvalue weighted by Gasteiger charge is 2.22. The Kier molecular flexibility index (Phi) is 5.00. The Labute approximate surface area is 115 Å². The van der Waals surface area contributed by atoms with E-state index in [1.807, 2.05) is 0 Å². The van der Waals surface area contributed by atoms with Gasteiger partial charge in [-0.05, 0) is 19.1 Å². The van der Waals surface area contributed by atoms with Crippen LogP contribution >= 0.6 is 0 Å². The maximum atomic E-state index is 11.4. The molecular weight excluding hydrogens is 266 g/mol. The average molecular weight is 283 g/mol. The number of nitrogens with one attached hydrogen (secondary N) is 2. The Morgan fingerprint density at radius 2 is 2.15 bits per heavy atom. The first-order chi connectivity index (χ1) is 9.30. The Balaban J connectivity index is 3.02. The lowest BCUT2D eigenvalue weighted by atomic mass is 10.1. The van der Waals surface area contributed by atoms with Crippen molar-refractivity contribution in [1.82, 2.24) is 5.32 Å². The molecule has 20 heavy (non-hydrogen) atoms. The Morgan fingerprint density at radius 1 is 1.50 bits per heavy atom. The van der Waals surface area contributed by atoms with Gasteiger partial charge in [0.05, 0.1) is 11.5 Å². The summed E-state index contributed by atoms with van der Waals surface area (Å²) in [5.41, 5.74) is -1.34. The zero-order chi connectivity index (χ0) is 15.3. The highest BCUT2D eigenvalue weighted by Crippen LogP contribution is 2.26. The van der Waals surface area contributed by atoms with Crippen molar-refractivity contribution in [2.75, 3.05) is 25.5 Å². The largest absolute Gasteiger partial charge is 0.393 e. The van der Waals surface area contributed by atoms with Gasteiger partial charge in [-0.25, -0.2) is 0 Å². The number of nitro groups is 1. The summed E-state index contributed by atoms with van der Waals surface area (Å²) in [6.45, 7) is 0.846. The van der Waals surface area contributed by atoms with E-state index in [9.17, 15) is 20.0 Å². The molecule has 8 heteroatoms. The Hall–Kier alpha value is -2.19. The summed E-state index contributed by atoms with van der Waals surface area (Å²) in [7, 11) is 1.43. The van der Waals surface area contributed by atoms with E-state index in [-0.39, 0.29) is 23.5 Å². The van der Waals surface area contributed by atoms with Gasteiger partial charge < -0.3 is 20.8 Å². The van der Waals surface area contributed by atoms with Crippen LogP contribution in [0.4, 0.5) is 11.4 Å². The SMILES string of the molecule is CNC(=O)c1ccc(NCC(C)(O)CO)c([N+](=O)[O-])c1. The van der Waals surface area contributed by atoms with Gasteiger partial charge in [0.2, 0.25) is 0 Å². The van der Waals surface area contributed by atoms with E-state index >= 15 is 0 Å². The van der Waals surface area contributed by atoms with Gasteiger partial charge in [0.25, 0.3) is 11.6 Å². The third-order valence-corrected chi connectivity index (χ3v) is 2.68. The van der Waals surface area contributed by atoms with E-state index in [0.29, 0.717) is 0 Å². The first-order valence-corrected chi connectivity index (χ1v) is 5.88. The zero-order valence-electron chi connectivity index (χ0n) is 11.2. The summed E-state index contributed by atoms with van der Waals surface area (Å²) < 4.78 is 0. The molecule has 0 saturated carbocycles. The number of rotatable bonds is 6. The predicted octanol–water partition coefficient (Wildman–Crippen LogP) is 0.110. The molecule has 0 radical (unpaired) electrons. The van der Waals surface area contributed by atoms with Crippen LogP contribution in [-0.2, 0) is 0 Å². The first-order valence-electron chi connectivity index (χ1n) is 5.88. The van der Waals surface area contributed by atoms with Gasteiger partial charge in [-0.2, -0.15) is 0 Å². The van der Waals surface area contributed by atoms with Crippen molar-refractivity contribution in [3.05, 3.63) is 33.9 Å². The Bertz CT molecular complexity index is 516. The molecule has 1 unspecified atom stereocenters. The standard InChI is InChI=1S/C12H17N3O5/c1-12(18,7-16)6-14-9-4-3-8(11(17)13-2)5-10(9)15(19)20/h3-5,14,16,18H,6-7H2,1-2H3,(H,13,17). The van der Waals surface area contributed by atoms with Crippen molar-refractivity contribution in [2.24, 2.45) is 0 Å². The summed E-state index contributed by atoms with van der Waals surface area (Å²) in [5.74, 6) is -0.429. The van der Waals surface area contributed by atoms with Crippen LogP contribution in [0, 0.1) is 10.1 Å². The van der Waals surface area contributed by atoms with E-state index in [1.165, 1.54) is 26.1 Å². The number of aliphatic hydroxyl groups excluding tert-OH is 1. The molecular formula is C12H17N3O5. The molecule has 4 N–H and O–H groups in total. The van der Waals surface area contributed by atoms with E-state index in [2.05, 4.69) is 10.6 Å². The minimum absolute atomic E-state index is 0.0658. The van der Waals surface area contributed by atoms with Gasteiger partial charge in [0, 0.05) is 25.2 Å². The molecule has 1 amide bonds. The van der Waals surface area contributed by atoms with Crippen LogP contribution in [0.5, 0.6) is 0 Å². The maximum absolute atomic E-state index is 11.4. The topological polar surface area (TPSA) is 125 Å². The molecule has 0 heterocycles. The van der Waals surface area contributed by atoms with Crippen molar-refractivity contribution in [1.29, 1.82) is 0 Å². The fourth-order valence-corrected chi connectivity index (χ4v) is 1.46. The van der Waals surface area contributed by atoms with Crippen LogP contribution in [-0.4, -0.2) is 46.8 Å². The first kappa shape index (κ1) is 15.9. The number of benzene rings is 1. The molecule has 1 aromatic rings. The van der Waals surface area contributed by atoms with Crippen molar-refractivity contribution in [3.8, 4) is 0 Å². The van der Waals surface area contributed by atoms with Crippen LogP contribution in [0.2, 0.25) is 0 Å². The number of hydrogen-bond acceptors (Lipinski definition) is 6. The number of aliphatic hydroxyl groups is 2. The minimum Gasteiger partial charge on any atom is -0.393 e. The lowest BCUT2D eigenvalue weighted by molar-refractivity contribution is -0.384. The van der Waals surface area contributed by atoms with Crippen molar-refractivity contribution >= 4 is 17.3 Å². The molecule has 0 aromatic heterocycles. The number of anilines is 1. The molecule has 0 fully saturated rings. The normalized spacial score (nSPS) is 13.4. The fourth-order valence-electron chi connectivity index (χ4n) is 1.46. The van der Waals surface area contributed by atoms with Gasteiger partial charge in [0.1, 0.15) is 11.3 Å². The number of carbonyl (C=O) groups is 1. The third kappa shape index (κ3) is 3.90. The van der Waals surface area contributed by atoms with Gasteiger partial charge in [-0.3, -0.25) is 14.9 Å². The summed E-state index contributed by atoms with van der Waals surface area (Å²) >= 11 is 0. The molecule has 0 aliphatic carbocycles. The maximum Gasteiger partial charge on any atom is 0.293 e. The number of nitro benzene ring substituents is 1. The number of nitrogens with zero attached hydrogens (tertiary/aromatic N) is 1. The highest BCUT2D eigenvalue weighted by atomic mass is 16.6. The molecule has 8 nitrogen and oxygen atoms in total. The predicted molar refractivity (Wildman–Crippen MR) is 72.7 cm³/mol. The molecule has 0 saturated heterocycles. The fraction of sp³-hybridized carbons (Fsp3) is 0.417. The number of carbonyl (C=O) groups excluding carboxylic acids is 1. The van der Waals surface area contributed by atoms with E-state index in [0.717, 1.165) is 6.07 Å². The summed E-state index contributed by atoms with van der Waals surface area (Å²) in [6.07, 6.45) is 0. The van der Waals surface area contributed by atoms with Crippen LogP contribution in [0.3, 0.4) is 0 Å². The molecule has 0 aliphatic heterocycles. The molecule has 0 spiro atoms. The lowest BCUT2D eigenvalue weighted by Gasteiger charge is -2.21. The Morgan fingerprint density at radius 3 is 2.65 bits per heavy atom. The van der Waals surface area contributed by atoms with E-state index < -0.39 is 23.0 Å². The number of amides is 1. The quantitative estimate of drug-likeness (QED) is 0.434. The smallest absolute Gasteiger partial charge is 0.293 e. The molecule has 110 valence electrons. The zero-order valence-corrected chi connectivity index (χ0v) is 11.2. The minimum atomic E-state index is -1.40. The van der Waals surface area contributed by atoms with Crippen LogP contribution < -0.4 is 10.6 Å². The van der Waals surface area contributed by atoms with Gasteiger partial charge in [-0.15, -0.1) is 0 Å². The molecule has 0 aliphatic rings. The lowest BCUT2D eigenvalue weighted by Crippen LogP contribution is -2.37. The molecule has 1 aromatic carbocycles. The van der Waals surface area contributed by atoms with E-state index in [1.54, 1.807) is 0 Å². The van der Waals surface area contributed by atoms with E-state index in [4.69, 9.17) is 5.11 Å². The van der Waals surface area contributed by atoms with Crippen LogP contribution in [0.1, 0.15) is 17.3 Å². The second kappa shape index (κ2) is 6.31. The second-order valence-corrected chi connectivity index (χ2v) is 4.58. The van der Waals surface area contributed by atoms with Crippen molar-refractivity contribution in [3.63, 3.8) is 0 Å². The highest BCUT2D eigenvalue weighted by molar-refractivity contribution is 5.95. The van der Waals surface area contributed by atoms with Gasteiger partial charge in [-0.1, -0.05) is 0 Å². The van der Waals surface area contributed by atoms with Crippen LogP contribution in [0.25, 0.3) is 0 Å². The molecule has 1 atom stereocenters. The van der Waals surface area contributed by atoms with Gasteiger partial charge in [0.15, 0.2) is 0 Å².